The van der Waals surface area contributed by atoms with Gasteiger partial charge in [0.2, 0.25) is 35.4 Å². The molecule has 1 aromatic carbocycles. The van der Waals surface area contributed by atoms with E-state index in [1.54, 1.807) is 51.1 Å². The van der Waals surface area contributed by atoms with Gasteiger partial charge in [0.25, 0.3) is 5.91 Å². The number of pyridine rings is 1. The Morgan fingerprint density at radius 2 is 1.52 bits per heavy atom. The number of nitrogens with zero attached hydrogens (tertiary/aromatic N) is 5. The van der Waals surface area contributed by atoms with Gasteiger partial charge in [0.15, 0.2) is 11.7 Å². The van der Waals surface area contributed by atoms with E-state index in [2.05, 4.69) is 20.9 Å². The van der Waals surface area contributed by atoms with Gasteiger partial charge in [0, 0.05) is 40.3 Å². The predicted octanol–water partition coefficient (Wildman–Crippen LogP) is 0.606. The number of esters is 1. The first kappa shape index (κ1) is 49.5. The number of nitrogens with one attached hydrogen (secondary N) is 3. The van der Waals surface area contributed by atoms with Crippen molar-refractivity contribution in [1.82, 2.24) is 40.5 Å². The van der Waals surface area contributed by atoms with Crippen LogP contribution in [-0.4, -0.2) is 159 Å². The van der Waals surface area contributed by atoms with Gasteiger partial charge in [0.1, 0.15) is 42.1 Å². The highest BCUT2D eigenvalue weighted by Crippen LogP contribution is 2.26. The van der Waals surface area contributed by atoms with Gasteiger partial charge in [-0.3, -0.25) is 33.6 Å². The van der Waals surface area contributed by atoms with E-state index in [1.807, 2.05) is 13.8 Å². The van der Waals surface area contributed by atoms with E-state index >= 15 is 0 Å². The Labute approximate surface area is 367 Å². The van der Waals surface area contributed by atoms with Crippen LogP contribution < -0.4 is 16.0 Å². The Kier molecular flexibility index (Phi) is 16.8. The molecule has 2 saturated heterocycles. The molecule has 0 radical (unpaired) electrons. The molecule has 2 fully saturated rings. The van der Waals surface area contributed by atoms with Gasteiger partial charge in [-0.25, -0.2) is 9.78 Å². The second-order valence-corrected chi connectivity index (χ2v) is 17.3. The van der Waals surface area contributed by atoms with Crippen molar-refractivity contribution in [3.8, 4) is 5.75 Å². The van der Waals surface area contributed by atoms with Crippen molar-refractivity contribution in [3.05, 3.63) is 59.9 Å². The highest BCUT2D eigenvalue weighted by atomic mass is 16.5. The summed E-state index contributed by atoms with van der Waals surface area (Å²) in [5.41, 5.74) is -0.145. The number of hydrogen-bond donors (Lipinski definition) is 5. The van der Waals surface area contributed by atoms with Gasteiger partial charge in [0.05, 0.1) is 12.6 Å². The highest BCUT2D eigenvalue weighted by Gasteiger charge is 2.45. The van der Waals surface area contributed by atoms with Crippen LogP contribution in [0.25, 0.3) is 0 Å². The Balaban J connectivity index is 1.86. The Bertz CT molecular complexity index is 2020. The minimum absolute atomic E-state index is 0.0335. The lowest BCUT2D eigenvalue weighted by atomic mass is 9.88. The molecule has 3 heterocycles. The number of carbonyl (C=O) groups excluding carboxylic acids is 8. The van der Waals surface area contributed by atoms with Gasteiger partial charge in [-0.2, -0.15) is 0 Å². The molecule has 0 bridgehead atoms. The standard InChI is InChI=1S/C44H62N8O11/c1-23(2)19-30-42(60)52-21-29(53)20-31(52)43(61)49(8)22-33(55)50(9)36(25(5)24(3)4)40(58)46-26(6)41(59)51(10)37(28-15-12-11-13-16-28)44(62)63-27(7)34(38(56)47-30)48-39(57)35-32(54)17-14-18-45-35/h11-18,23-27,29-31,34,36-37,53-54H,19-22H2,1-10H3,(H,46,58)(H,47,56)(H,48,57)/t25?,26-,27-,29+,30?,31+,34?,36-,37?/m0/s1. The number of aliphatic hydroxyl groups is 1. The molecule has 4 rings (SSSR count). The zero-order chi connectivity index (χ0) is 47.0. The average molecular weight is 879 g/mol. The van der Waals surface area contributed by atoms with E-state index in [-0.39, 0.29) is 31.2 Å². The van der Waals surface area contributed by atoms with Crippen molar-refractivity contribution in [3.63, 3.8) is 0 Å². The number of cyclic esters (lactones) is 1. The minimum atomic E-state index is -1.74. The van der Waals surface area contributed by atoms with Crippen molar-refractivity contribution < 1.29 is 53.3 Å². The second-order valence-electron chi connectivity index (χ2n) is 17.3. The van der Waals surface area contributed by atoms with Crippen LogP contribution in [0.1, 0.15) is 83.4 Å². The van der Waals surface area contributed by atoms with Crippen LogP contribution in [-0.2, 0) is 38.3 Å². The number of ether oxygens (including phenoxy) is 1. The van der Waals surface area contributed by atoms with Crippen molar-refractivity contribution in [1.29, 1.82) is 0 Å². The molecular formula is C44H62N8O11. The molecule has 2 aromatic rings. The Morgan fingerprint density at radius 1 is 0.873 bits per heavy atom. The molecule has 7 amide bonds. The van der Waals surface area contributed by atoms with E-state index in [0.29, 0.717) is 5.56 Å². The molecule has 19 nitrogen and oxygen atoms in total. The topological polar surface area (TPSA) is 248 Å². The number of aromatic nitrogens is 1. The normalized spacial score (nSPS) is 27.0. The van der Waals surface area contributed by atoms with Crippen LogP contribution in [0.5, 0.6) is 5.75 Å². The highest BCUT2D eigenvalue weighted by molar-refractivity contribution is 6.00. The summed E-state index contributed by atoms with van der Waals surface area (Å²) < 4.78 is 5.91. The number of benzene rings is 1. The number of likely N-dealkylation sites (N-methyl/N-ethyl adjacent to an activating group) is 3. The molecule has 344 valence electrons. The zero-order valence-corrected chi connectivity index (χ0v) is 37.6. The van der Waals surface area contributed by atoms with Crippen molar-refractivity contribution in [2.24, 2.45) is 17.8 Å². The van der Waals surface area contributed by atoms with Crippen LogP contribution >= 0.6 is 0 Å². The molecule has 9 atom stereocenters. The maximum absolute atomic E-state index is 14.5. The molecule has 2 aliphatic heterocycles. The molecule has 19 heteroatoms. The summed E-state index contributed by atoms with van der Waals surface area (Å²) >= 11 is 0. The lowest BCUT2D eigenvalue weighted by Crippen LogP contribution is -2.60. The van der Waals surface area contributed by atoms with Crippen molar-refractivity contribution in [2.75, 3.05) is 34.2 Å². The van der Waals surface area contributed by atoms with E-state index in [0.717, 1.165) is 14.7 Å². The lowest BCUT2D eigenvalue weighted by Gasteiger charge is -2.37. The van der Waals surface area contributed by atoms with Gasteiger partial charge in [-0.1, -0.05) is 65.0 Å². The summed E-state index contributed by atoms with van der Waals surface area (Å²) in [5, 5.41) is 29.1. The first-order valence-corrected chi connectivity index (χ1v) is 21.1. The van der Waals surface area contributed by atoms with Crippen LogP contribution in [0, 0.1) is 17.8 Å². The molecule has 2 aliphatic rings. The molecule has 1 aromatic heterocycles. The first-order valence-electron chi connectivity index (χ1n) is 21.1. The largest absolute Gasteiger partial charge is 0.505 e. The van der Waals surface area contributed by atoms with E-state index in [4.69, 9.17) is 4.74 Å². The molecule has 0 spiro atoms. The third-order valence-corrected chi connectivity index (χ3v) is 11.7. The lowest BCUT2D eigenvalue weighted by molar-refractivity contribution is -0.161. The summed E-state index contributed by atoms with van der Waals surface area (Å²) in [6.45, 7) is 11.1. The minimum Gasteiger partial charge on any atom is -0.505 e. The number of rotatable bonds is 7. The van der Waals surface area contributed by atoms with Gasteiger partial charge >= 0.3 is 5.97 Å². The first-order chi connectivity index (χ1) is 29.5. The maximum Gasteiger partial charge on any atom is 0.333 e. The fraction of sp³-hybridized carbons (Fsp3) is 0.568. The summed E-state index contributed by atoms with van der Waals surface area (Å²) in [7, 11) is 4.13. The number of aliphatic hydroxyl groups excluding tert-OH is 1. The molecule has 5 N–H and O–H groups in total. The number of hydrogen-bond acceptors (Lipinski definition) is 12. The summed E-state index contributed by atoms with van der Waals surface area (Å²) in [5.74, 6) is -7.75. The van der Waals surface area contributed by atoms with E-state index < -0.39 is 120 Å². The van der Waals surface area contributed by atoms with Crippen LogP contribution in [0.15, 0.2) is 48.7 Å². The fourth-order valence-electron chi connectivity index (χ4n) is 7.82. The van der Waals surface area contributed by atoms with Crippen LogP contribution in [0.2, 0.25) is 0 Å². The number of amides is 7. The average Bonchev–Trinajstić information content (AvgIpc) is 3.62. The SMILES string of the molecule is CC(C)CC1NC(=O)C(NC(=O)c2ncccc2O)[C@H](C)OC(=O)C(c2ccccc2)N(C)C(=O)[C@H](C)NC(=O)[C@H](C(C)C(C)C)N(C)C(=O)CN(C)C(=O)[C@H]2C[C@@H](O)CN2C1=O. The molecular weight excluding hydrogens is 817 g/mol. The van der Waals surface area contributed by atoms with Crippen molar-refractivity contribution in [2.45, 2.75) is 110 Å². The summed E-state index contributed by atoms with van der Waals surface area (Å²) in [4.78, 5) is 122. The van der Waals surface area contributed by atoms with Crippen LogP contribution in [0.3, 0.4) is 0 Å². The quantitative estimate of drug-likeness (QED) is 0.240. The van der Waals surface area contributed by atoms with E-state index in [9.17, 15) is 48.6 Å². The molecule has 63 heavy (non-hydrogen) atoms. The summed E-state index contributed by atoms with van der Waals surface area (Å²) in [6.07, 6.45) is -1.52. The predicted molar refractivity (Wildman–Crippen MR) is 228 cm³/mol. The zero-order valence-electron chi connectivity index (χ0n) is 37.6. The third-order valence-electron chi connectivity index (χ3n) is 11.7. The second kappa shape index (κ2) is 21.3. The maximum atomic E-state index is 14.5. The smallest absolute Gasteiger partial charge is 0.333 e. The Hall–Kier alpha value is -6.11. The number of fused-ring (bicyclic) bond motifs is 1. The molecule has 0 aliphatic carbocycles. The van der Waals surface area contributed by atoms with Gasteiger partial charge in [-0.05, 0) is 55.7 Å². The van der Waals surface area contributed by atoms with Gasteiger partial charge < -0.3 is 50.5 Å². The molecule has 0 saturated carbocycles. The van der Waals surface area contributed by atoms with E-state index in [1.165, 1.54) is 58.2 Å². The summed E-state index contributed by atoms with van der Waals surface area (Å²) in [6, 6.07) is 2.60. The fourth-order valence-corrected chi connectivity index (χ4v) is 7.82. The Morgan fingerprint density at radius 3 is 2.13 bits per heavy atom. The number of aromatic hydroxyl groups is 1. The third kappa shape index (κ3) is 11.9. The molecule has 4 unspecified atom stereocenters. The van der Waals surface area contributed by atoms with Crippen LogP contribution in [0.4, 0.5) is 0 Å². The monoisotopic (exact) mass is 878 g/mol. The van der Waals surface area contributed by atoms with Crippen molar-refractivity contribution >= 4 is 47.3 Å². The number of carbonyl (C=O) groups is 8. The van der Waals surface area contributed by atoms with Gasteiger partial charge in [-0.15, -0.1) is 0 Å².